The van der Waals surface area contributed by atoms with Crippen molar-refractivity contribution in [3.05, 3.63) is 60.0 Å². The second-order valence-corrected chi connectivity index (χ2v) is 8.01. The second-order valence-electron chi connectivity index (χ2n) is 7.60. The molecule has 2 aliphatic rings. The zero-order valence-electron chi connectivity index (χ0n) is 16.5. The zero-order chi connectivity index (χ0) is 21.7. The fourth-order valence-electron chi connectivity index (χ4n) is 4.36. The fourth-order valence-corrected chi connectivity index (χ4v) is 4.62. The number of amides is 1. The molecular formula is C23H19ClFN3O3. The van der Waals surface area contributed by atoms with Gasteiger partial charge in [0.25, 0.3) is 0 Å². The van der Waals surface area contributed by atoms with Crippen LogP contribution >= 0.6 is 11.6 Å². The number of carbonyl (C=O) groups excluding carboxylic acids is 1. The highest BCUT2D eigenvalue weighted by molar-refractivity contribution is 6.34. The van der Waals surface area contributed by atoms with Gasteiger partial charge >= 0.3 is 0 Å². The maximum absolute atomic E-state index is 14.4. The van der Waals surface area contributed by atoms with Gasteiger partial charge in [-0.15, -0.1) is 0 Å². The van der Waals surface area contributed by atoms with Crippen LogP contribution in [0, 0.1) is 5.82 Å². The van der Waals surface area contributed by atoms with E-state index < -0.39 is 5.82 Å². The van der Waals surface area contributed by atoms with E-state index in [1.165, 1.54) is 24.3 Å². The Morgan fingerprint density at radius 1 is 1.35 bits per heavy atom. The Balaban J connectivity index is 1.61. The Morgan fingerprint density at radius 2 is 2.19 bits per heavy atom. The summed E-state index contributed by atoms with van der Waals surface area (Å²) in [5, 5.41) is 11.3. The number of nitrogens with zero attached hydrogens (tertiary/aromatic N) is 3. The predicted octanol–water partition coefficient (Wildman–Crippen LogP) is 4.00. The normalized spacial score (nSPS) is 17.7. The maximum Gasteiger partial charge on any atom is 0.246 e. The predicted molar refractivity (Wildman–Crippen MR) is 117 cm³/mol. The van der Waals surface area contributed by atoms with Crippen molar-refractivity contribution in [1.82, 2.24) is 9.88 Å². The molecule has 1 atom stereocenters. The average molecular weight is 440 g/mol. The first-order valence-electron chi connectivity index (χ1n) is 9.89. The Morgan fingerprint density at radius 3 is 2.97 bits per heavy atom. The molecule has 2 aromatic carbocycles. The van der Waals surface area contributed by atoms with Gasteiger partial charge < -0.3 is 19.6 Å². The van der Waals surface area contributed by atoms with Crippen LogP contribution in [-0.4, -0.2) is 53.2 Å². The molecule has 0 aliphatic carbocycles. The molecule has 158 valence electrons. The van der Waals surface area contributed by atoms with E-state index in [0.717, 1.165) is 11.1 Å². The summed E-state index contributed by atoms with van der Waals surface area (Å²) in [6.45, 7) is 5.74. The standard InChI is InChI=1S/C23H19ClFN3O3/c1-2-21(30)27-6-7-28-13(11-27)12-31-20-10-26-18-9-14(16(24)8-15(18)23(20)28)22-17(25)4-3-5-19(22)29/h2-5,8-10,13,29H,1,6-7,11-12H2/t13-/m1/s1. The lowest BCUT2D eigenvalue weighted by molar-refractivity contribution is -0.127. The van der Waals surface area contributed by atoms with E-state index >= 15 is 0 Å². The molecule has 3 heterocycles. The van der Waals surface area contributed by atoms with Crippen molar-refractivity contribution in [2.75, 3.05) is 31.1 Å². The van der Waals surface area contributed by atoms with Crippen LogP contribution in [0.5, 0.6) is 11.5 Å². The molecule has 6 nitrogen and oxygen atoms in total. The van der Waals surface area contributed by atoms with Crippen LogP contribution in [0.25, 0.3) is 22.0 Å². The summed E-state index contributed by atoms with van der Waals surface area (Å²) in [4.78, 5) is 20.5. The average Bonchev–Trinajstić information content (AvgIpc) is 2.78. The summed E-state index contributed by atoms with van der Waals surface area (Å²) in [6.07, 6.45) is 2.97. The quantitative estimate of drug-likeness (QED) is 0.611. The van der Waals surface area contributed by atoms with Gasteiger partial charge in [-0.25, -0.2) is 4.39 Å². The van der Waals surface area contributed by atoms with Crippen LogP contribution < -0.4 is 9.64 Å². The number of aromatic hydroxyl groups is 1. The van der Waals surface area contributed by atoms with Gasteiger partial charge in [-0.05, 0) is 30.3 Å². The smallest absolute Gasteiger partial charge is 0.246 e. The molecule has 5 rings (SSSR count). The molecule has 0 unspecified atom stereocenters. The van der Waals surface area contributed by atoms with Crippen molar-refractivity contribution in [2.24, 2.45) is 0 Å². The minimum Gasteiger partial charge on any atom is -0.507 e. The first-order chi connectivity index (χ1) is 15.0. The van der Waals surface area contributed by atoms with Gasteiger partial charge in [0.1, 0.15) is 18.2 Å². The third kappa shape index (κ3) is 3.16. The lowest BCUT2D eigenvalue weighted by Crippen LogP contribution is -2.58. The number of carbonyl (C=O) groups is 1. The molecule has 8 heteroatoms. The third-order valence-electron chi connectivity index (χ3n) is 5.84. The molecule has 1 saturated heterocycles. The number of rotatable bonds is 2. The van der Waals surface area contributed by atoms with Gasteiger partial charge in [0.15, 0.2) is 5.75 Å². The number of aromatic nitrogens is 1. The number of hydrogen-bond acceptors (Lipinski definition) is 5. The van der Waals surface area contributed by atoms with Crippen molar-refractivity contribution >= 4 is 34.1 Å². The number of ether oxygens (including phenoxy) is 1. The molecule has 1 amide bonds. The molecule has 0 spiro atoms. The Hall–Kier alpha value is -3.32. The van der Waals surface area contributed by atoms with Gasteiger partial charge in [-0.1, -0.05) is 24.2 Å². The van der Waals surface area contributed by atoms with Crippen LogP contribution in [0.4, 0.5) is 10.1 Å². The van der Waals surface area contributed by atoms with Crippen molar-refractivity contribution in [3.8, 4) is 22.6 Å². The summed E-state index contributed by atoms with van der Waals surface area (Å²) in [6, 6.07) is 7.53. The number of phenolic OH excluding ortho intramolecular Hbond substituents is 1. The van der Waals surface area contributed by atoms with Crippen molar-refractivity contribution in [3.63, 3.8) is 0 Å². The molecule has 0 bridgehead atoms. The molecule has 1 fully saturated rings. The molecule has 1 aromatic heterocycles. The minimum atomic E-state index is -0.564. The molecule has 2 aliphatic heterocycles. The maximum atomic E-state index is 14.4. The van der Waals surface area contributed by atoms with Crippen molar-refractivity contribution < 1.29 is 19.0 Å². The molecule has 0 saturated carbocycles. The molecule has 31 heavy (non-hydrogen) atoms. The number of phenols is 1. The van der Waals surface area contributed by atoms with Crippen LogP contribution in [0.2, 0.25) is 5.02 Å². The van der Waals surface area contributed by atoms with Gasteiger partial charge in [0.05, 0.1) is 29.0 Å². The first-order valence-corrected chi connectivity index (χ1v) is 10.3. The van der Waals surface area contributed by atoms with E-state index in [2.05, 4.69) is 16.5 Å². The monoisotopic (exact) mass is 439 g/mol. The van der Waals surface area contributed by atoms with E-state index in [1.807, 2.05) is 0 Å². The number of pyridine rings is 1. The summed E-state index contributed by atoms with van der Waals surface area (Å²) in [5.74, 6) is -0.205. The zero-order valence-corrected chi connectivity index (χ0v) is 17.3. The molecule has 0 radical (unpaired) electrons. The highest BCUT2D eigenvalue weighted by atomic mass is 35.5. The number of piperazine rings is 1. The Labute approximate surface area is 183 Å². The Kier molecular flexibility index (Phi) is 4.70. The van der Waals surface area contributed by atoms with Crippen LogP contribution in [-0.2, 0) is 4.79 Å². The molecule has 3 aromatic rings. The highest BCUT2D eigenvalue weighted by Gasteiger charge is 2.35. The lowest BCUT2D eigenvalue weighted by atomic mass is 9.99. The van der Waals surface area contributed by atoms with E-state index in [0.29, 0.717) is 48.1 Å². The van der Waals surface area contributed by atoms with Crippen molar-refractivity contribution in [1.29, 1.82) is 0 Å². The lowest BCUT2D eigenvalue weighted by Gasteiger charge is -2.45. The molecular weight excluding hydrogens is 421 g/mol. The van der Waals surface area contributed by atoms with Gasteiger partial charge in [0.2, 0.25) is 5.91 Å². The highest BCUT2D eigenvalue weighted by Crippen LogP contribution is 2.44. The number of benzene rings is 2. The number of halogens is 2. The summed E-state index contributed by atoms with van der Waals surface area (Å²) in [5.41, 5.74) is 1.87. The van der Waals surface area contributed by atoms with E-state index in [1.54, 1.807) is 23.2 Å². The Bertz CT molecular complexity index is 1210. The second kappa shape index (κ2) is 7.42. The number of anilines is 1. The molecule has 1 N–H and O–H groups in total. The SMILES string of the molecule is C=CC(=O)N1CCN2c3c(cnc4cc(-c5c(O)cccc5F)c(Cl)cc34)OC[C@H]2C1. The van der Waals surface area contributed by atoms with E-state index in [9.17, 15) is 14.3 Å². The minimum absolute atomic E-state index is 0.00943. The van der Waals surface area contributed by atoms with Crippen molar-refractivity contribution in [2.45, 2.75) is 6.04 Å². The number of fused-ring (bicyclic) bond motifs is 5. The van der Waals surface area contributed by atoms with Crippen LogP contribution in [0.15, 0.2) is 49.2 Å². The van der Waals surface area contributed by atoms with Gasteiger partial charge in [-0.3, -0.25) is 9.78 Å². The van der Waals surface area contributed by atoms with Crippen LogP contribution in [0.3, 0.4) is 0 Å². The number of hydrogen-bond donors (Lipinski definition) is 1. The topological polar surface area (TPSA) is 65.9 Å². The largest absolute Gasteiger partial charge is 0.507 e. The summed E-state index contributed by atoms with van der Waals surface area (Å²) < 4.78 is 20.4. The third-order valence-corrected chi connectivity index (χ3v) is 6.16. The van der Waals surface area contributed by atoms with Gasteiger partial charge in [-0.2, -0.15) is 0 Å². The fraction of sp³-hybridized carbons (Fsp3) is 0.217. The van der Waals surface area contributed by atoms with Crippen LogP contribution in [0.1, 0.15) is 0 Å². The summed E-state index contributed by atoms with van der Waals surface area (Å²) >= 11 is 6.55. The summed E-state index contributed by atoms with van der Waals surface area (Å²) in [7, 11) is 0. The first kappa shape index (κ1) is 19.6. The van der Waals surface area contributed by atoms with Gasteiger partial charge in [0, 0.05) is 35.6 Å². The van der Waals surface area contributed by atoms with E-state index in [4.69, 9.17) is 16.3 Å². The van der Waals surface area contributed by atoms with E-state index in [-0.39, 0.29) is 23.3 Å².